The van der Waals surface area contributed by atoms with Gasteiger partial charge in [0.05, 0.1) is 26.4 Å². The molecule has 4 aromatic heterocycles. The highest BCUT2D eigenvalue weighted by molar-refractivity contribution is 6.34. The molecule has 2 unspecified atom stereocenters. The summed E-state index contributed by atoms with van der Waals surface area (Å²) in [5, 5.41) is 54.7. The normalized spacial score (nSPS) is 19.5. The molecule has 10 aliphatic rings. The van der Waals surface area contributed by atoms with Gasteiger partial charge in [0.1, 0.15) is 22.8 Å². The molecule has 0 aromatic carbocycles. The van der Waals surface area contributed by atoms with Crippen molar-refractivity contribution < 1.29 is 68.5 Å². The van der Waals surface area contributed by atoms with Gasteiger partial charge >= 0.3 is 34.1 Å². The summed E-state index contributed by atoms with van der Waals surface area (Å²) in [6.07, 6.45) is 1.33. The van der Waals surface area contributed by atoms with Gasteiger partial charge in [-0.05, 0) is 93.6 Å². The summed E-state index contributed by atoms with van der Waals surface area (Å²) in [5.74, 6) is -6.89. The zero-order chi connectivity index (χ0) is 59.6. The Morgan fingerprint density at radius 1 is 0.422 bits per heavy atom. The third-order valence-corrected chi connectivity index (χ3v) is 13.8. The molecule has 14 rings (SSSR count). The Bertz CT molecular complexity index is 3140. The minimum Gasteiger partial charge on any atom is -0.488 e. The molecule has 0 radical (unpaired) electrons. The Labute approximate surface area is 473 Å². The number of fused-ring (bicyclic) bond motifs is 2. The van der Waals surface area contributed by atoms with E-state index in [-0.39, 0.29) is 179 Å². The summed E-state index contributed by atoms with van der Waals surface area (Å²) >= 11 is 0. The Morgan fingerprint density at radius 3 is 1.10 bits per heavy atom. The van der Waals surface area contributed by atoms with E-state index in [4.69, 9.17) is 24.7 Å². The predicted octanol–water partition coefficient (Wildman–Crippen LogP) is -2.82. The highest BCUT2D eigenvalue weighted by atomic mass is 16.5. The van der Waals surface area contributed by atoms with Crippen LogP contribution in [0.15, 0.2) is 67.7 Å². The molecule has 450 valence electrons. The number of amides is 6. The molecule has 12 bridgehead atoms. The summed E-state index contributed by atoms with van der Waals surface area (Å²) < 4.78 is 23.4. The van der Waals surface area contributed by atoms with Gasteiger partial charge in [0.25, 0.3) is 23.6 Å². The summed E-state index contributed by atoms with van der Waals surface area (Å²) in [5.41, 5.74) is -0.212. The van der Waals surface area contributed by atoms with E-state index in [1.807, 2.05) is 4.90 Å². The smallest absolute Gasteiger partial charge is 0.325 e. The van der Waals surface area contributed by atoms with E-state index in [1.165, 1.54) is 48.5 Å². The van der Waals surface area contributed by atoms with Crippen molar-refractivity contribution in [1.82, 2.24) is 59.8 Å². The van der Waals surface area contributed by atoms with Crippen LogP contribution < -0.4 is 68.2 Å². The second-order valence-electron chi connectivity index (χ2n) is 19.6. The number of unbranched alkanes of at least 4 members (excludes halogenated alkanes) is 1. The van der Waals surface area contributed by atoms with Crippen LogP contribution in [0, 0.1) is 0 Å². The number of aromatic nitrogens is 4. The Morgan fingerprint density at radius 2 is 0.747 bits per heavy atom. The predicted molar refractivity (Wildman–Crippen MR) is 289 cm³/mol. The molecule has 10 N–H and O–H groups in total. The van der Waals surface area contributed by atoms with E-state index in [2.05, 4.69) is 21.3 Å². The van der Waals surface area contributed by atoms with Crippen molar-refractivity contribution in [3.8, 4) is 23.0 Å². The topological polar surface area (TPSA) is 395 Å². The average molecular weight is 1160 g/mol. The number of pyridine rings is 4. The quantitative estimate of drug-likeness (QED) is 0.0565. The molecule has 0 aliphatic carbocycles. The number of nitrogens with zero attached hydrogens (tertiary/aromatic N) is 8. The van der Waals surface area contributed by atoms with Gasteiger partial charge in [-0.1, -0.05) is 6.42 Å². The lowest BCUT2D eigenvalue weighted by atomic mass is 10.1. The fourth-order valence-electron chi connectivity index (χ4n) is 9.30. The fourth-order valence-corrected chi connectivity index (χ4v) is 9.30. The number of rotatable bonds is 4. The number of carbonyl (C=O) groups is 6. The van der Waals surface area contributed by atoms with Crippen LogP contribution in [0.3, 0.4) is 0 Å². The van der Waals surface area contributed by atoms with Gasteiger partial charge in [0.15, 0.2) is 23.0 Å². The van der Waals surface area contributed by atoms with E-state index >= 15 is 0 Å². The van der Waals surface area contributed by atoms with E-state index in [0.717, 1.165) is 9.80 Å². The van der Waals surface area contributed by atoms with Gasteiger partial charge in [0, 0.05) is 91.1 Å². The molecule has 4 aromatic rings. The van der Waals surface area contributed by atoms with Crippen molar-refractivity contribution in [1.29, 1.82) is 0 Å². The van der Waals surface area contributed by atoms with Crippen LogP contribution in [-0.2, 0) is 9.59 Å². The van der Waals surface area contributed by atoms with Crippen LogP contribution in [0.4, 0.5) is 0 Å². The molecule has 10 aliphatic heterocycles. The van der Waals surface area contributed by atoms with Crippen LogP contribution in [0.2, 0.25) is 0 Å². The van der Waals surface area contributed by atoms with E-state index in [1.54, 1.807) is 4.90 Å². The highest BCUT2D eigenvalue weighted by Crippen LogP contribution is 2.14. The first-order valence-electron chi connectivity index (χ1n) is 27.2. The summed E-state index contributed by atoms with van der Waals surface area (Å²) in [4.78, 5) is 143. The lowest BCUT2D eigenvalue weighted by Crippen LogP contribution is -2.49. The Kier molecular flexibility index (Phi) is 21.9. The summed E-state index contributed by atoms with van der Waals surface area (Å²) in [7, 11) is 0. The monoisotopic (exact) mass is 1160 g/mol. The Hall–Kier alpha value is -9.10. The molecular formula is C52H69N13O18. The van der Waals surface area contributed by atoms with Gasteiger partial charge < -0.3 is 76.6 Å². The summed E-state index contributed by atoms with van der Waals surface area (Å²) in [6.45, 7) is -1.22. The number of ether oxygens (including phenoxy) is 4. The fraction of sp³-hybridized carbons (Fsp3) is 0.500. The third-order valence-electron chi connectivity index (χ3n) is 13.8. The van der Waals surface area contributed by atoms with Crippen molar-refractivity contribution in [3.63, 3.8) is 0 Å². The lowest BCUT2D eigenvalue weighted by Gasteiger charge is -2.31. The average Bonchev–Trinajstić information content (AvgIpc) is 3.52. The van der Waals surface area contributed by atoms with E-state index in [0.29, 0.717) is 25.8 Å². The zero-order valence-electron chi connectivity index (χ0n) is 45.5. The summed E-state index contributed by atoms with van der Waals surface area (Å²) in [6, 6.07) is 8.79. The number of nitrogens with one attached hydrogen (secondary N) is 4. The Balaban J connectivity index is 1.32. The maximum Gasteiger partial charge on any atom is 0.325 e. The van der Waals surface area contributed by atoms with Crippen molar-refractivity contribution >= 4 is 35.4 Å². The van der Waals surface area contributed by atoms with Gasteiger partial charge in [-0.15, -0.1) is 18.9 Å². The van der Waals surface area contributed by atoms with Crippen molar-refractivity contribution in [2.24, 2.45) is 5.73 Å². The van der Waals surface area contributed by atoms with E-state index in [9.17, 15) is 68.8 Å². The number of hydrogen-bond donors (Lipinski definition) is 9. The second kappa shape index (κ2) is 29.6. The molecule has 0 saturated heterocycles. The zero-order valence-corrected chi connectivity index (χ0v) is 45.5. The standard InChI is InChI=1S/C52H69N13O18/c53-16-2-1-7-34-33-59-26-19-56-45(68)37-10-14-41(49(72)64(37)78)82-31-5-22-61(23-6-32-83-42-15-11-38(46(69)57-34)65(79)50(42)73)52(75)51(74)60-20-3-29-80-39-12-8-35(62(76)47(39)70)43(66)54-17-24-58(27-28-59)25-18-55-44(67)36-9-13-40(48(71)63(36)77)81-30-4-21-60/h8-15,34,76-79H,1-7,16-33,53H2,(H,54,66)(H,55,67)(H,56,68)(H,57,69). The molecular weight excluding hydrogens is 1090 g/mol. The third kappa shape index (κ3) is 16.1. The van der Waals surface area contributed by atoms with Crippen molar-refractivity contribution in [3.05, 3.63) is 113 Å². The molecule has 14 heterocycles. The molecule has 0 spiro atoms. The molecule has 31 nitrogen and oxygen atoms in total. The minimum absolute atomic E-state index is 0.0112. The SMILES string of the molecule is NCCCCC1CN2CCNC(=O)c3ccc(c(=O)n3O)OCCCN(CCCOc3ccc(n(O)c3=O)C(=O)N1)C(=O)C(=O)N1CCCOc3ccc(n(O)c3=O)C(=O)NCCN(CCNC(=O)c3ccc(c(=O)n3O)OCCC1)CC2. The van der Waals surface area contributed by atoms with E-state index < -0.39 is 86.5 Å². The van der Waals surface area contributed by atoms with Gasteiger partial charge in [-0.3, -0.25) is 57.7 Å². The first-order chi connectivity index (χ1) is 40.0. The molecule has 0 saturated carbocycles. The number of nitrogens with two attached hydrogens (primary N) is 1. The molecule has 0 fully saturated rings. The first-order valence-corrected chi connectivity index (χ1v) is 27.2. The lowest BCUT2D eigenvalue weighted by molar-refractivity contribution is -0.152. The highest BCUT2D eigenvalue weighted by Gasteiger charge is 2.29. The van der Waals surface area contributed by atoms with Gasteiger partial charge in [-0.2, -0.15) is 0 Å². The minimum atomic E-state index is -1.07. The number of hydrogen-bond acceptors (Lipinski definition) is 21. The maximum absolute atomic E-state index is 14.4. The van der Waals surface area contributed by atoms with Crippen LogP contribution in [0.1, 0.15) is 86.9 Å². The van der Waals surface area contributed by atoms with Crippen molar-refractivity contribution in [2.45, 2.75) is 51.0 Å². The molecule has 6 amide bonds. The maximum atomic E-state index is 14.4. The van der Waals surface area contributed by atoms with Gasteiger partial charge in [-0.25, -0.2) is 0 Å². The van der Waals surface area contributed by atoms with Crippen LogP contribution >= 0.6 is 0 Å². The second-order valence-corrected chi connectivity index (χ2v) is 19.6. The molecule has 83 heavy (non-hydrogen) atoms. The molecule has 2 atom stereocenters. The molecule has 31 heteroatoms. The first kappa shape index (κ1) is 61.5. The van der Waals surface area contributed by atoms with Crippen LogP contribution in [0.5, 0.6) is 23.0 Å². The van der Waals surface area contributed by atoms with Crippen LogP contribution in [-0.4, -0.2) is 219 Å². The largest absolute Gasteiger partial charge is 0.488 e. The van der Waals surface area contributed by atoms with Gasteiger partial charge in [0.2, 0.25) is 0 Å². The van der Waals surface area contributed by atoms with Crippen molar-refractivity contribution in [2.75, 3.05) is 118 Å². The van der Waals surface area contributed by atoms with Crippen LogP contribution in [0.25, 0.3) is 0 Å². The number of carbonyl (C=O) groups excluding carboxylic acids is 6.